The predicted octanol–water partition coefficient (Wildman–Crippen LogP) is 1.47. The second-order valence-corrected chi connectivity index (χ2v) is 4.02. The molecule has 1 saturated heterocycles. The van der Waals surface area contributed by atoms with Crippen LogP contribution in [0.2, 0.25) is 0 Å². The Bertz CT molecular complexity index is 353. The summed E-state index contributed by atoms with van der Waals surface area (Å²) in [6.45, 7) is 2.09. The van der Waals surface area contributed by atoms with E-state index in [9.17, 15) is 4.79 Å². The van der Waals surface area contributed by atoms with Gasteiger partial charge in [-0.2, -0.15) is 0 Å². The maximum absolute atomic E-state index is 11.7. The molecule has 1 aliphatic rings. The number of hydrogen-bond donors (Lipinski definition) is 1. The maximum Gasteiger partial charge on any atom is 0.415 e. The largest absolute Gasteiger partial charge is 0.415 e. The minimum atomic E-state index is -0.276. The average molecular weight is 220 g/mol. The summed E-state index contributed by atoms with van der Waals surface area (Å²) in [6, 6.07) is 9.12. The van der Waals surface area contributed by atoms with Crippen molar-refractivity contribution in [2.45, 2.75) is 6.42 Å². The van der Waals surface area contributed by atoms with E-state index in [1.165, 1.54) is 0 Å². The van der Waals surface area contributed by atoms with Crippen molar-refractivity contribution in [3.63, 3.8) is 0 Å². The average Bonchev–Trinajstić information content (AvgIpc) is 2.79. The van der Waals surface area contributed by atoms with Crippen molar-refractivity contribution < 1.29 is 9.53 Å². The standard InChI is InChI=1S/C12H16N2O2/c13-8-10-6-7-14(9-10)12(15)16-11-4-2-1-3-5-11/h1-5,10H,6-9,13H2. The molecule has 0 radical (unpaired) electrons. The van der Waals surface area contributed by atoms with E-state index in [1.54, 1.807) is 17.0 Å². The Morgan fingerprint density at radius 1 is 1.44 bits per heavy atom. The summed E-state index contributed by atoms with van der Waals surface area (Å²) in [5.41, 5.74) is 5.57. The van der Waals surface area contributed by atoms with Gasteiger partial charge in [-0.3, -0.25) is 0 Å². The molecule has 0 spiro atoms. The molecule has 2 N–H and O–H groups in total. The Hall–Kier alpha value is -1.55. The summed E-state index contributed by atoms with van der Waals surface area (Å²) in [7, 11) is 0. The van der Waals surface area contributed by atoms with E-state index in [2.05, 4.69) is 0 Å². The van der Waals surface area contributed by atoms with E-state index < -0.39 is 0 Å². The topological polar surface area (TPSA) is 55.6 Å². The highest BCUT2D eigenvalue weighted by atomic mass is 16.6. The summed E-state index contributed by atoms with van der Waals surface area (Å²) in [4.78, 5) is 13.5. The van der Waals surface area contributed by atoms with E-state index in [4.69, 9.17) is 10.5 Å². The van der Waals surface area contributed by atoms with Gasteiger partial charge in [-0.15, -0.1) is 0 Å². The van der Waals surface area contributed by atoms with Gasteiger partial charge >= 0.3 is 6.09 Å². The summed E-state index contributed by atoms with van der Waals surface area (Å²) >= 11 is 0. The molecule has 1 aromatic carbocycles. The highest BCUT2D eigenvalue weighted by Gasteiger charge is 2.26. The van der Waals surface area contributed by atoms with Gasteiger partial charge in [-0.25, -0.2) is 4.79 Å². The zero-order valence-electron chi connectivity index (χ0n) is 9.13. The van der Waals surface area contributed by atoms with Crippen LogP contribution in [0, 0.1) is 5.92 Å². The second kappa shape index (κ2) is 4.99. The molecule has 1 heterocycles. The van der Waals surface area contributed by atoms with Crippen molar-refractivity contribution in [1.29, 1.82) is 0 Å². The first-order valence-corrected chi connectivity index (χ1v) is 5.51. The molecule has 4 heteroatoms. The van der Waals surface area contributed by atoms with Gasteiger partial charge in [0.1, 0.15) is 5.75 Å². The molecular formula is C12H16N2O2. The third-order valence-corrected chi connectivity index (χ3v) is 2.83. The monoisotopic (exact) mass is 220 g/mol. The van der Waals surface area contributed by atoms with E-state index in [1.807, 2.05) is 18.2 Å². The zero-order valence-corrected chi connectivity index (χ0v) is 9.13. The molecule has 1 aromatic rings. The molecule has 1 aliphatic heterocycles. The van der Waals surface area contributed by atoms with Crippen LogP contribution in [0.1, 0.15) is 6.42 Å². The Morgan fingerprint density at radius 2 is 2.19 bits per heavy atom. The molecule has 0 saturated carbocycles. The van der Waals surface area contributed by atoms with Gasteiger partial charge in [0.15, 0.2) is 0 Å². The smallest absolute Gasteiger partial charge is 0.410 e. The number of carbonyl (C=O) groups excluding carboxylic acids is 1. The highest BCUT2D eigenvalue weighted by Crippen LogP contribution is 2.17. The van der Waals surface area contributed by atoms with Crippen molar-refractivity contribution in [2.75, 3.05) is 19.6 Å². The lowest BCUT2D eigenvalue weighted by Gasteiger charge is -2.15. The molecule has 0 bridgehead atoms. The third-order valence-electron chi connectivity index (χ3n) is 2.83. The van der Waals surface area contributed by atoms with Gasteiger partial charge in [-0.05, 0) is 31.0 Å². The van der Waals surface area contributed by atoms with Crippen LogP contribution in [0.15, 0.2) is 30.3 Å². The van der Waals surface area contributed by atoms with Crippen LogP contribution < -0.4 is 10.5 Å². The van der Waals surface area contributed by atoms with Gasteiger partial charge in [-0.1, -0.05) is 18.2 Å². The molecule has 0 aliphatic carbocycles. The van der Waals surface area contributed by atoms with Gasteiger partial charge in [0.05, 0.1) is 0 Å². The molecule has 2 rings (SSSR count). The summed E-state index contributed by atoms with van der Waals surface area (Å²) in [5.74, 6) is 1.01. The molecule has 1 unspecified atom stereocenters. The van der Waals surface area contributed by atoms with E-state index in [0.717, 1.165) is 13.0 Å². The number of likely N-dealkylation sites (tertiary alicyclic amines) is 1. The fourth-order valence-corrected chi connectivity index (χ4v) is 1.84. The van der Waals surface area contributed by atoms with Crippen LogP contribution in [-0.4, -0.2) is 30.6 Å². The van der Waals surface area contributed by atoms with Crippen molar-refractivity contribution in [3.8, 4) is 5.75 Å². The fraction of sp³-hybridized carbons (Fsp3) is 0.417. The SMILES string of the molecule is NCC1CCN(C(=O)Oc2ccccc2)C1. The number of carbonyl (C=O) groups is 1. The molecule has 1 fully saturated rings. The number of hydrogen-bond acceptors (Lipinski definition) is 3. The molecule has 16 heavy (non-hydrogen) atoms. The first-order chi connectivity index (χ1) is 7.79. The van der Waals surface area contributed by atoms with Gasteiger partial charge < -0.3 is 15.4 Å². The Kier molecular flexibility index (Phi) is 3.41. The third kappa shape index (κ3) is 2.52. The van der Waals surface area contributed by atoms with Crippen molar-refractivity contribution >= 4 is 6.09 Å². The number of rotatable bonds is 2. The summed E-state index contributed by atoms with van der Waals surface area (Å²) < 4.78 is 5.24. The second-order valence-electron chi connectivity index (χ2n) is 4.02. The molecule has 86 valence electrons. The normalized spacial score (nSPS) is 19.8. The number of para-hydroxylation sites is 1. The lowest BCUT2D eigenvalue weighted by Crippen LogP contribution is -2.32. The quantitative estimate of drug-likeness (QED) is 0.821. The zero-order chi connectivity index (χ0) is 11.4. The molecule has 4 nitrogen and oxygen atoms in total. The van der Waals surface area contributed by atoms with Crippen LogP contribution in [0.25, 0.3) is 0 Å². The minimum absolute atomic E-state index is 0.276. The highest BCUT2D eigenvalue weighted by molar-refractivity contribution is 5.70. The maximum atomic E-state index is 11.7. The number of nitrogens with zero attached hydrogens (tertiary/aromatic N) is 1. The van der Waals surface area contributed by atoms with Crippen molar-refractivity contribution in [2.24, 2.45) is 11.7 Å². The Morgan fingerprint density at radius 3 is 2.81 bits per heavy atom. The van der Waals surface area contributed by atoms with Crippen LogP contribution in [0.4, 0.5) is 4.79 Å². The lowest BCUT2D eigenvalue weighted by atomic mass is 10.1. The van der Waals surface area contributed by atoms with Crippen LogP contribution in [0.5, 0.6) is 5.75 Å². The van der Waals surface area contributed by atoms with Crippen molar-refractivity contribution in [1.82, 2.24) is 4.90 Å². The number of amides is 1. The van der Waals surface area contributed by atoms with E-state index >= 15 is 0 Å². The molecule has 1 atom stereocenters. The Labute approximate surface area is 95.0 Å². The summed E-state index contributed by atoms with van der Waals surface area (Å²) in [6.07, 6.45) is 0.697. The summed E-state index contributed by atoms with van der Waals surface area (Å²) in [5, 5.41) is 0. The van der Waals surface area contributed by atoms with Gasteiger partial charge in [0.2, 0.25) is 0 Å². The van der Waals surface area contributed by atoms with Crippen LogP contribution in [0.3, 0.4) is 0 Å². The van der Waals surface area contributed by atoms with E-state index in [-0.39, 0.29) is 6.09 Å². The lowest BCUT2D eigenvalue weighted by molar-refractivity contribution is 0.161. The van der Waals surface area contributed by atoms with E-state index in [0.29, 0.717) is 24.8 Å². The van der Waals surface area contributed by atoms with Crippen LogP contribution >= 0.6 is 0 Å². The number of nitrogens with two attached hydrogens (primary N) is 1. The first kappa shape index (κ1) is 11.0. The predicted molar refractivity (Wildman–Crippen MR) is 61.2 cm³/mol. The molecular weight excluding hydrogens is 204 g/mol. The Balaban J connectivity index is 1.90. The first-order valence-electron chi connectivity index (χ1n) is 5.51. The van der Waals surface area contributed by atoms with Crippen molar-refractivity contribution in [3.05, 3.63) is 30.3 Å². The molecule has 1 amide bonds. The number of ether oxygens (including phenoxy) is 1. The van der Waals surface area contributed by atoms with Crippen LogP contribution in [-0.2, 0) is 0 Å². The van der Waals surface area contributed by atoms with Gasteiger partial charge in [0.25, 0.3) is 0 Å². The number of benzene rings is 1. The minimum Gasteiger partial charge on any atom is -0.410 e. The molecule has 0 aromatic heterocycles. The fourth-order valence-electron chi connectivity index (χ4n) is 1.84. The van der Waals surface area contributed by atoms with Gasteiger partial charge in [0, 0.05) is 13.1 Å².